The maximum Gasteiger partial charge on any atom is 0.222 e. The molecule has 0 saturated heterocycles. The van der Waals surface area contributed by atoms with Crippen LogP contribution in [0, 0.1) is 0 Å². The van der Waals surface area contributed by atoms with Crippen molar-refractivity contribution >= 4 is 17.5 Å². The zero-order valence-corrected chi connectivity index (χ0v) is 14.5. The Bertz CT molecular complexity index is 649. The second-order valence-electron chi connectivity index (χ2n) is 5.60. The minimum atomic E-state index is -0.309. The van der Waals surface area contributed by atoms with Gasteiger partial charge in [0, 0.05) is 12.5 Å². The van der Waals surface area contributed by atoms with Crippen LogP contribution in [0.15, 0.2) is 54.6 Å². The molecule has 2 rings (SSSR count). The first-order valence-electron chi connectivity index (χ1n) is 8.08. The van der Waals surface area contributed by atoms with Crippen LogP contribution in [0.5, 0.6) is 5.75 Å². The summed E-state index contributed by atoms with van der Waals surface area (Å²) in [6.07, 6.45) is 0.866. The van der Waals surface area contributed by atoms with Gasteiger partial charge in [-0.05, 0) is 24.1 Å². The molecular formula is C19H23ClN2O2. The largest absolute Gasteiger partial charge is 0.487 e. The molecule has 5 heteroatoms. The van der Waals surface area contributed by atoms with Crippen molar-refractivity contribution < 1.29 is 9.53 Å². The average Bonchev–Trinajstić information content (AvgIpc) is 2.60. The fourth-order valence-electron chi connectivity index (χ4n) is 2.31. The highest BCUT2D eigenvalue weighted by molar-refractivity contribution is 6.32. The number of hydrogen-bond acceptors (Lipinski definition) is 3. The smallest absolute Gasteiger partial charge is 0.222 e. The third kappa shape index (κ3) is 5.55. The van der Waals surface area contributed by atoms with Crippen LogP contribution >= 0.6 is 11.6 Å². The van der Waals surface area contributed by atoms with Gasteiger partial charge >= 0.3 is 0 Å². The van der Waals surface area contributed by atoms with Crippen LogP contribution in [0.1, 0.15) is 31.4 Å². The van der Waals surface area contributed by atoms with Gasteiger partial charge in [-0.25, -0.2) is 0 Å². The number of ether oxygens (including phenoxy) is 1. The van der Waals surface area contributed by atoms with Gasteiger partial charge in [-0.2, -0.15) is 0 Å². The van der Waals surface area contributed by atoms with Crippen LogP contribution in [0.4, 0.5) is 0 Å². The molecular weight excluding hydrogens is 324 g/mol. The molecule has 0 aliphatic rings. The summed E-state index contributed by atoms with van der Waals surface area (Å²) in [4.78, 5) is 12.1. The molecule has 0 aliphatic carbocycles. The first-order chi connectivity index (χ1) is 11.6. The van der Waals surface area contributed by atoms with Crippen LogP contribution in [0.25, 0.3) is 0 Å². The summed E-state index contributed by atoms with van der Waals surface area (Å²) in [7, 11) is 0. The van der Waals surface area contributed by atoms with Crippen molar-refractivity contribution in [2.45, 2.75) is 31.9 Å². The highest BCUT2D eigenvalue weighted by atomic mass is 35.5. The quantitative estimate of drug-likeness (QED) is 0.766. The van der Waals surface area contributed by atoms with Crippen LogP contribution < -0.4 is 15.8 Å². The number of halogens is 1. The SMILES string of the molecule is CCC(CNC(=O)CC(N)c1ccccc1)Oc1ccccc1Cl. The third-order valence-corrected chi connectivity index (χ3v) is 4.06. The number of carbonyl (C=O) groups excluding carboxylic acids is 1. The fourth-order valence-corrected chi connectivity index (χ4v) is 2.49. The lowest BCUT2D eigenvalue weighted by Gasteiger charge is -2.19. The topological polar surface area (TPSA) is 64.4 Å². The average molecular weight is 347 g/mol. The molecule has 0 aromatic heterocycles. The number of hydrogen-bond donors (Lipinski definition) is 2. The predicted octanol–water partition coefficient (Wildman–Crippen LogP) is 3.70. The Kier molecular flexibility index (Phi) is 7.09. The molecule has 0 saturated carbocycles. The predicted molar refractivity (Wildman–Crippen MR) is 97.2 cm³/mol. The number of nitrogens with one attached hydrogen (secondary N) is 1. The maximum atomic E-state index is 12.1. The molecule has 2 atom stereocenters. The maximum absolute atomic E-state index is 12.1. The number of carbonyl (C=O) groups is 1. The van der Waals surface area contributed by atoms with Crippen LogP contribution in [-0.2, 0) is 4.79 Å². The molecule has 24 heavy (non-hydrogen) atoms. The molecule has 2 aromatic rings. The van der Waals surface area contributed by atoms with Crippen molar-refractivity contribution in [3.05, 3.63) is 65.2 Å². The second-order valence-corrected chi connectivity index (χ2v) is 6.01. The summed E-state index contributed by atoms with van der Waals surface area (Å²) in [5, 5.41) is 3.45. The lowest BCUT2D eigenvalue weighted by molar-refractivity contribution is -0.121. The minimum absolute atomic E-state index is 0.0902. The highest BCUT2D eigenvalue weighted by Crippen LogP contribution is 2.24. The van der Waals surface area contributed by atoms with E-state index >= 15 is 0 Å². The van der Waals surface area contributed by atoms with Gasteiger partial charge in [0.15, 0.2) is 0 Å². The van der Waals surface area contributed by atoms with E-state index in [4.69, 9.17) is 22.1 Å². The van der Waals surface area contributed by atoms with Crippen LogP contribution in [0.2, 0.25) is 5.02 Å². The summed E-state index contributed by atoms with van der Waals surface area (Å²) in [5.74, 6) is 0.536. The van der Waals surface area contributed by atoms with E-state index in [1.165, 1.54) is 0 Å². The van der Waals surface area contributed by atoms with Crippen molar-refractivity contribution in [1.29, 1.82) is 0 Å². The number of para-hydroxylation sites is 1. The summed E-state index contributed by atoms with van der Waals surface area (Å²) in [5.41, 5.74) is 7.02. The first-order valence-corrected chi connectivity index (χ1v) is 8.46. The molecule has 1 amide bonds. The summed E-state index contributed by atoms with van der Waals surface area (Å²) >= 11 is 6.10. The number of nitrogens with two attached hydrogens (primary N) is 1. The lowest BCUT2D eigenvalue weighted by atomic mass is 10.0. The van der Waals surface area contributed by atoms with E-state index < -0.39 is 0 Å². The van der Waals surface area contributed by atoms with E-state index in [1.807, 2.05) is 55.5 Å². The first kappa shape index (κ1) is 18.3. The van der Waals surface area contributed by atoms with E-state index in [9.17, 15) is 4.79 Å². The van der Waals surface area contributed by atoms with Gasteiger partial charge in [-0.3, -0.25) is 4.79 Å². The highest BCUT2D eigenvalue weighted by Gasteiger charge is 2.15. The molecule has 128 valence electrons. The zero-order chi connectivity index (χ0) is 17.4. The fraction of sp³-hybridized carbons (Fsp3) is 0.316. The van der Waals surface area contributed by atoms with Gasteiger partial charge in [0.05, 0.1) is 11.6 Å². The Morgan fingerprint density at radius 1 is 1.17 bits per heavy atom. The molecule has 0 radical (unpaired) electrons. The Labute approximate surface area is 148 Å². The molecule has 0 heterocycles. The van der Waals surface area contributed by atoms with Crippen molar-refractivity contribution in [1.82, 2.24) is 5.32 Å². The molecule has 2 unspecified atom stereocenters. The standard InChI is InChI=1S/C19H23ClN2O2/c1-2-15(24-18-11-7-6-10-16(18)20)13-22-19(23)12-17(21)14-8-4-3-5-9-14/h3-11,15,17H,2,12-13,21H2,1H3,(H,22,23). The summed E-state index contributed by atoms with van der Waals surface area (Å²) < 4.78 is 5.86. The molecule has 0 spiro atoms. The van der Waals surface area contributed by atoms with E-state index in [-0.39, 0.29) is 24.5 Å². The molecule has 0 fully saturated rings. The Balaban J connectivity index is 1.82. The number of amides is 1. The molecule has 0 bridgehead atoms. The van der Waals surface area contributed by atoms with E-state index in [2.05, 4.69) is 5.32 Å². The van der Waals surface area contributed by atoms with Gasteiger partial charge < -0.3 is 15.8 Å². The van der Waals surface area contributed by atoms with Gasteiger partial charge in [0.25, 0.3) is 0 Å². The van der Waals surface area contributed by atoms with Crippen molar-refractivity contribution in [2.75, 3.05) is 6.54 Å². The molecule has 2 aromatic carbocycles. The van der Waals surface area contributed by atoms with E-state index in [1.54, 1.807) is 6.07 Å². The molecule has 3 N–H and O–H groups in total. The van der Waals surface area contributed by atoms with Crippen LogP contribution in [0.3, 0.4) is 0 Å². The van der Waals surface area contributed by atoms with E-state index in [0.29, 0.717) is 17.3 Å². The van der Waals surface area contributed by atoms with E-state index in [0.717, 1.165) is 12.0 Å². The Hall–Kier alpha value is -2.04. The normalized spacial score (nSPS) is 13.1. The molecule has 0 aliphatic heterocycles. The number of benzene rings is 2. The Morgan fingerprint density at radius 3 is 2.50 bits per heavy atom. The van der Waals surface area contributed by atoms with Crippen molar-refractivity contribution in [3.63, 3.8) is 0 Å². The lowest BCUT2D eigenvalue weighted by Crippen LogP contribution is -2.36. The van der Waals surface area contributed by atoms with Crippen LogP contribution in [-0.4, -0.2) is 18.6 Å². The van der Waals surface area contributed by atoms with Gasteiger partial charge in [0.1, 0.15) is 11.9 Å². The van der Waals surface area contributed by atoms with Gasteiger partial charge in [-0.15, -0.1) is 0 Å². The summed E-state index contributed by atoms with van der Waals surface area (Å²) in [6, 6.07) is 16.6. The minimum Gasteiger partial charge on any atom is -0.487 e. The van der Waals surface area contributed by atoms with Crippen molar-refractivity contribution in [2.24, 2.45) is 5.73 Å². The second kappa shape index (κ2) is 9.30. The van der Waals surface area contributed by atoms with Gasteiger partial charge in [0.2, 0.25) is 5.91 Å². The van der Waals surface area contributed by atoms with Crippen molar-refractivity contribution in [3.8, 4) is 5.75 Å². The summed E-state index contributed by atoms with van der Waals surface area (Å²) in [6.45, 7) is 2.42. The monoisotopic (exact) mass is 346 g/mol. The molecule has 4 nitrogen and oxygen atoms in total. The van der Waals surface area contributed by atoms with Gasteiger partial charge in [-0.1, -0.05) is 61.0 Å². The Morgan fingerprint density at radius 2 is 1.83 bits per heavy atom. The number of rotatable bonds is 8. The third-order valence-electron chi connectivity index (χ3n) is 3.75. The zero-order valence-electron chi connectivity index (χ0n) is 13.7.